The van der Waals surface area contributed by atoms with Gasteiger partial charge in [-0.25, -0.2) is 0 Å². The van der Waals surface area contributed by atoms with Gasteiger partial charge in [0.1, 0.15) is 0 Å². The van der Waals surface area contributed by atoms with Gasteiger partial charge in [0.25, 0.3) is 0 Å². The van der Waals surface area contributed by atoms with Crippen LogP contribution in [-0.2, 0) is 4.79 Å². The van der Waals surface area contributed by atoms with E-state index >= 15 is 0 Å². The molecule has 0 bridgehead atoms. The second-order valence-electron chi connectivity index (χ2n) is 3.15. The van der Waals surface area contributed by atoms with Gasteiger partial charge in [0.05, 0.1) is 6.54 Å². The smallest absolute Gasteiger partial charge is 0.233 e. The van der Waals surface area contributed by atoms with Crippen LogP contribution >= 0.6 is 0 Å². The minimum absolute atomic E-state index is 0.0781. The van der Waals surface area contributed by atoms with Gasteiger partial charge in [-0.1, -0.05) is 0 Å². The predicted octanol–water partition coefficient (Wildman–Crippen LogP) is -1.22. The molecule has 0 aliphatic heterocycles. The Bertz CT molecular complexity index is 141. The molecule has 0 unspecified atom stereocenters. The van der Waals surface area contributed by atoms with E-state index in [1.807, 2.05) is 0 Å². The van der Waals surface area contributed by atoms with Crippen molar-refractivity contribution in [2.75, 3.05) is 32.7 Å². The van der Waals surface area contributed by atoms with Crippen molar-refractivity contribution in [3.8, 4) is 0 Å². The topological polar surface area (TPSA) is 93.2 Å². The van der Waals surface area contributed by atoms with Crippen LogP contribution in [-0.4, -0.2) is 38.6 Å². The fourth-order valence-electron chi connectivity index (χ4n) is 1.03. The molecule has 0 saturated carbocycles. The summed E-state index contributed by atoms with van der Waals surface area (Å²) in [6.45, 7) is 3.49. The Balaban J connectivity index is 2.95. The lowest BCUT2D eigenvalue weighted by molar-refractivity contribution is -0.119. The van der Waals surface area contributed by atoms with Crippen LogP contribution in [0.5, 0.6) is 0 Å². The van der Waals surface area contributed by atoms with E-state index in [1.165, 1.54) is 0 Å². The molecule has 0 aromatic rings. The van der Waals surface area contributed by atoms with Crippen LogP contribution in [0.15, 0.2) is 0 Å². The molecule has 0 aromatic heterocycles. The summed E-state index contributed by atoms with van der Waals surface area (Å²) in [7, 11) is 0. The highest BCUT2D eigenvalue weighted by molar-refractivity contribution is 5.77. The fourth-order valence-corrected chi connectivity index (χ4v) is 1.03. The quantitative estimate of drug-likeness (QED) is 0.353. The molecule has 5 heteroatoms. The second-order valence-corrected chi connectivity index (χ2v) is 3.15. The first-order chi connectivity index (χ1) is 6.81. The zero-order chi connectivity index (χ0) is 10.6. The molecule has 0 saturated heterocycles. The molecule has 0 rings (SSSR count). The molecule has 6 N–H and O–H groups in total. The maximum atomic E-state index is 10.7. The van der Waals surface area contributed by atoms with Crippen molar-refractivity contribution in [2.24, 2.45) is 11.5 Å². The SMILES string of the molecule is NCCCNCCCCNC(=O)CN. The first kappa shape index (κ1) is 13.4. The monoisotopic (exact) mass is 202 g/mol. The van der Waals surface area contributed by atoms with E-state index in [9.17, 15) is 4.79 Å². The number of rotatable bonds is 9. The van der Waals surface area contributed by atoms with Crippen molar-refractivity contribution in [2.45, 2.75) is 19.3 Å². The number of nitrogens with one attached hydrogen (secondary N) is 2. The number of hydrogen-bond donors (Lipinski definition) is 4. The van der Waals surface area contributed by atoms with Gasteiger partial charge in [0, 0.05) is 6.54 Å². The predicted molar refractivity (Wildman–Crippen MR) is 57.8 cm³/mol. The molecule has 14 heavy (non-hydrogen) atoms. The van der Waals surface area contributed by atoms with Gasteiger partial charge in [0.15, 0.2) is 0 Å². The average Bonchev–Trinajstić information content (AvgIpc) is 2.21. The molecule has 84 valence electrons. The molecule has 1 amide bonds. The minimum atomic E-state index is -0.0823. The normalized spacial score (nSPS) is 10.1. The highest BCUT2D eigenvalue weighted by Gasteiger charge is 1.94. The molecule has 0 spiro atoms. The third-order valence-corrected chi connectivity index (χ3v) is 1.85. The lowest BCUT2D eigenvalue weighted by Gasteiger charge is -2.04. The molecular formula is C9H22N4O. The van der Waals surface area contributed by atoms with Gasteiger partial charge >= 0.3 is 0 Å². The first-order valence-corrected chi connectivity index (χ1v) is 5.18. The summed E-state index contributed by atoms with van der Waals surface area (Å²) in [4.78, 5) is 10.7. The lowest BCUT2D eigenvalue weighted by atomic mass is 10.3. The Hall–Kier alpha value is -0.650. The Morgan fingerprint density at radius 3 is 2.29 bits per heavy atom. The first-order valence-electron chi connectivity index (χ1n) is 5.18. The van der Waals surface area contributed by atoms with Gasteiger partial charge in [-0.3, -0.25) is 4.79 Å². The maximum Gasteiger partial charge on any atom is 0.233 e. The summed E-state index contributed by atoms with van der Waals surface area (Å²) < 4.78 is 0. The van der Waals surface area contributed by atoms with Crippen LogP contribution in [0.4, 0.5) is 0 Å². The van der Waals surface area contributed by atoms with Gasteiger partial charge in [-0.05, 0) is 38.9 Å². The van der Waals surface area contributed by atoms with Gasteiger partial charge < -0.3 is 22.1 Å². The number of hydrogen-bond acceptors (Lipinski definition) is 4. The average molecular weight is 202 g/mol. The van der Waals surface area contributed by atoms with Gasteiger partial charge in [-0.15, -0.1) is 0 Å². The van der Waals surface area contributed by atoms with Crippen LogP contribution < -0.4 is 22.1 Å². The number of nitrogens with two attached hydrogens (primary N) is 2. The number of carbonyl (C=O) groups excluding carboxylic acids is 1. The summed E-state index contributed by atoms with van der Waals surface area (Å²) in [5.41, 5.74) is 10.5. The third kappa shape index (κ3) is 9.44. The third-order valence-electron chi connectivity index (χ3n) is 1.85. The lowest BCUT2D eigenvalue weighted by Crippen LogP contribution is -2.31. The highest BCUT2D eigenvalue weighted by Crippen LogP contribution is 1.84. The molecule has 0 aromatic carbocycles. The minimum Gasteiger partial charge on any atom is -0.355 e. The zero-order valence-electron chi connectivity index (χ0n) is 8.72. The van der Waals surface area contributed by atoms with Crippen molar-refractivity contribution < 1.29 is 4.79 Å². The Morgan fingerprint density at radius 2 is 1.64 bits per heavy atom. The van der Waals surface area contributed by atoms with Crippen LogP contribution in [0, 0.1) is 0 Å². The van der Waals surface area contributed by atoms with E-state index in [4.69, 9.17) is 11.5 Å². The summed E-state index contributed by atoms with van der Waals surface area (Å²) in [5, 5.41) is 5.99. The molecule has 0 radical (unpaired) electrons. The van der Waals surface area contributed by atoms with E-state index in [2.05, 4.69) is 10.6 Å². The van der Waals surface area contributed by atoms with E-state index in [0.29, 0.717) is 6.54 Å². The summed E-state index contributed by atoms with van der Waals surface area (Å²) >= 11 is 0. The maximum absolute atomic E-state index is 10.7. The van der Waals surface area contributed by atoms with E-state index in [-0.39, 0.29) is 12.5 Å². The van der Waals surface area contributed by atoms with Crippen molar-refractivity contribution in [1.29, 1.82) is 0 Å². The summed E-state index contributed by atoms with van der Waals surface area (Å²) in [6, 6.07) is 0. The fraction of sp³-hybridized carbons (Fsp3) is 0.889. The molecule has 0 fully saturated rings. The van der Waals surface area contributed by atoms with Crippen LogP contribution in [0.2, 0.25) is 0 Å². The molecule has 5 nitrogen and oxygen atoms in total. The largest absolute Gasteiger partial charge is 0.355 e. The number of carbonyl (C=O) groups is 1. The second kappa shape index (κ2) is 10.4. The summed E-state index contributed by atoms with van der Waals surface area (Å²) in [6.07, 6.45) is 3.07. The van der Waals surface area contributed by atoms with Crippen molar-refractivity contribution in [1.82, 2.24) is 10.6 Å². The van der Waals surface area contributed by atoms with Crippen molar-refractivity contribution in [3.63, 3.8) is 0 Å². The number of amides is 1. The van der Waals surface area contributed by atoms with Crippen LogP contribution in [0.25, 0.3) is 0 Å². The Morgan fingerprint density at radius 1 is 1.00 bits per heavy atom. The Kier molecular flexibility index (Phi) is 9.95. The zero-order valence-corrected chi connectivity index (χ0v) is 8.72. The van der Waals surface area contributed by atoms with Gasteiger partial charge in [0.2, 0.25) is 5.91 Å². The van der Waals surface area contributed by atoms with E-state index in [1.54, 1.807) is 0 Å². The van der Waals surface area contributed by atoms with E-state index < -0.39 is 0 Å². The molecule has 0 heterocycles. The van der Waals surface area contributed by atoms with Crippen molar-refractivity contribution >= 4 is 5.91 Å². The van der Waals surface area contributed by atoms with Crippen LogP contribution in [0.1, 0.15) is 19.3 Å². The molecule has 0 aliphatic rings. The highest BCUT2D eigenvalue weighted by atomic mass is 16.1. The summed E-state index contributed by atoms with van der Waals surface area (Å²) in [5.74, 6) is -0.0823. The van der Waals surface area contributed by atoms with E-state index in [0.717, 1.165) is 38.9 Å². The van der Waals surface area contributed by atoms with Gasteiger partial charge in [-0.2, -0.15) is 0 Å². The molecule has 0 atom stereocenters. The standard InChI is InChI=1S/C9H22N4O/c10-4-3-6-12-5-1-2-7-13-9(14)8-11/h12H,1-8,10-11H2,(H,13,14). The molecule has 0 aliphatic carbocycles. The van der Waals surface area contributed by atoms with Crippen molar-refractivity contribution in [3.05, 3.63) is 0 Å². The van der Waals surface area contributed by atoms with Crippen LogP contribution in [0.3, 0.4) is 0 Å². The Labute approximate surface area is 85.6 Å². The number of unbranched alkanes of at least 4 members (excludes halogenated alkanes) is 1. The molecular weight excluding hydrogens is 180 g/mol.